The molecular weight excluding hydrogens is 252 g/mol. The van der Waals surface area contributed by atoms with E-state index in [0.29, 0.717) is 6.04 Å². The lowest BCUT2D eigenvalue weighted by molar-refractivity contribution is -0.118. The Morgan fingerprint density at radius 1 is 1.35 bits per heavy atom. The van der Waals surface area contributed by atoms with Crippen LogP contribution in [0, 0.1) is 6.92 Å². The summed E-state index contributed by atoms with van der Waals surface area (Å²) in [4.78, 5) is 12.1. The molecule has 4 nitrogen and oxygen atoms in total. The molecule has 4 heteroatoms. The molecule has 110 valence electrons. The summed E-state index contributed by atoms with van der Waals surface area (Å²) < 4.78 is 5.52. The molecule has 1 aromatic rings. The predicted molar refractivity (Wildman–Crippen MR) is 80.8 cm³/mol. The van der Waals surface area contributed by atoms with Crippen molar-refractivity contribution in [3.8, 4) is 0 Å². The molecule has 1 amide bonds. The first-order valence-electron chi connectivity index (χ1n) is 7.30. The highest BCUT2D eigenvalue weighted by Crippen LogP contribution is 2.14. The van der Waals surface area contributed by atoms with Crippen molar-refractivity contribution in [1.82, 2.24) is 5.32 Å². The zero-order valence-electron chi connectivity index (χ0n) is 12.5. The molecule has 0 radical (unpaired) electrons. The second-order valence-electron chi connectivity index (χ2n) is 5.65. The number of anilines is 1. The van der Waals surface area contributed by atoms with Crippen LogP contribution in [0.3, 0.4) is 0 Å². The average molecular weight is 276 g/mol. The highest BCUT2D eigenvalue weighted by Gasteiger charge is 2.23. The van der Waals surface area contributed by atoms with Gasteiger partial charge in [0.25, 0.3) is 0 Å². The molecule has 2 N–H and O–H groups in total. The van der Waals surface area contributed by atoms with Crippen molar-refractivity contribution in [2.24, 2.45) is 0 Å². The molecule has 2 rings (SSSR count). The molecule has 1 aliphatic rings. The van der Waals surface area contributed by atoms with E-state index in [2.05, 4.69) is 17.6 Å². The average Bonchev–Trinajstić information content (AvgIpc) is 2.41. The highest BCUT2D eigenvalue weighted by atomic mass is 16.5. The van der Waals surface area contributed by atoms with Gasteiger partial charge < -0.3 is 15.4 Å². The number of carbonyl (C=O) groups is 1. The zero-order chi connectivity index (χ0) is 14.5. The van der Waals surface area contributed by atoms with Crippen molar-refractivity contribution in [1.29, 1.82) is 0 Å². The van der Waals surface area contributed by atoms with Gasteiger partial charge in [-0.05, 0) is 45.7 Å². The number of benzene rings is 1. The SMILES string of the molecule is Cc1ccc(NC(=O)C(C)NC2CCOC(C)C2)cc1. The van der Waals surface area contributed by atoms with E-state index in [-0.39, 0.29) is 18.1 Å². The molecule has 1 aliphatic heterocycles. The smallest absolute Gasteiger partial charge is 0.241 e. The number of hydrogen-bond donors (Lipinski definition) is 2. The van der Waals surface area contributed by atoms with Gasteiger partial charge in [-0.15, -0.1) is 0 Å². The van der Waals surface area contributed by atoms with Gasteiger partial charge in [0.1, 0.15) is 0 Å². The molecule has 3 atom stereocenters. The Kier molecular flexibility index (Phi) is 5.15. The minimum absolute atomic E-state index is 0.00741. The fourth-order valence-electron chi connectivity index (χ4n) is 2.47. The van der Waals surface area contributed by atoms with Gasteiger partial charge in [0.2, 0.25) is 5.91 Å². The van der Waals surface area contributed by atoms with Gasteiger partial charge in [-0.3, -0.25) is 4.79 Å². The molecule has 1 fully saturated rings. The van der Waals surface area contributed by atoms with Gasteiger partial charge in [0, 0.05) is 18.3 Å². The number of ether oxygens (including phenoxy) is 1. The maximum Gasteiger partial charge on any atom is 0.241 e. The monoisotopic (exact) mass is 276 g/mol. The van der Waals surface area contributed by atoms with Crippen molar-refractivity contribution in [2.75, 3.05) is 11.9 Å². The van der Waals surface area contributed by atoms with Crippen molar-refractivity contribution < 1.29 is 9.53 Å². The third-order valence-corrected chi connectivity index (χ3v) is 3.68. The van der Waals surface area contributed by atoms with E-state index in [9.17, 15) is 4.79 Å². The summed E-state index contributed by atoms with van der Waals surface area (Å²) in [5, 5.41) is 6.33. The van der Waals surface area contributed by atoms with Crippen LogP contribution < -0.4 is 10.6 Å². The molecule has 20 heavy (non-hydrogen) atoms. The number of nitrogens with one attached hydrogen (secondary N) is 2. The van der Waals surface area contributed by atoms with E-state index in [1.165, 1.54) is 5.56 Å². The lowest BCUT2D eigenvalue weighted by atomic mass is 10.0. The summed E-state index contributed by atoms with van der Waals surface area (Å²) in [6.45, 7) is 6.78. The number of hydrogen-bond acceptors (Lipinski definition) is 3. The first-order valence-corrected chi connectivity index (χ1v) is 7.30. The van der Waals surface area contributed by atoms with Crippen LogP contribution in [0.5, 0.6) is 0 Å². The molecule has 1 heterocycles. The summed E-state index contributed by atoms with van der Waals surface area (Å²) in [6, 6.07) is 8.00. The molecule has 0 spiro atoms. The fraction of sp³-hybridized carbons (Fsp3) is 0.562. The normalized spacial score (nSPS) is 24.1. The van der Waals surface area contributed by atoms with E-state index < -0.39 is 0 Å². The largest absolute Gasteiger partial charge is 0.378 e. The molecule has 1 aromatic carbocycles. The van der Waals surface area contributed by atoms with E-state index in [4.69, 9.17) is 4.74 Å². The number of amides is 1. The van der Waals surface area contributed by atoms with Crippen LogP contribution in [-0.2, 0) is 9.53 Å². The maximum absolute atomic E-state index is 12.1. The molecule has 0 aromatic heterocycles. The zero-order valence-corrected chi connectivity index (χ0v) is 12.5. The summed E-state index contributed by atoms with van der Waals surface area (Å²) in [6.07, 6.45) is 2.20. The Hall–Kier alpha value is -1.39. The fourth-order valence-corrected chi connectivity index (χ4v) is 2.47. The quantitative estimate of drug-likeness (QED) is 0.888. The third-order valence-electron chi connectivity index (χ3n) is 3.68. The van der Waals surface area contributed by atoms with Crippen molar-refractivity contribution in [2.45, 2.75) is 51.8 Å². The first kappa shape index (κ1) is 15.0. The van der Waals surface area contributed by atoms with Crippen molar-refractivity contribution in [3.05, 3.63) is 29.8 Å². The molecule has 3 unspecified atom stereocenters. The van der Waals surface area contributed by atoms with Crippen LogP contribution in [-0.4, -0.2) is 30.7 Å². The van der Waals surface area contributed by atoms with Crippen LogP contribution >= 0.6 is 0 Å². The van der Waals surface area contributed by atoms with Gasteiger partial charge in [-0.1, -0.05) is 17.7 Å². The minimum atomic E-state index is -0.202. The van der Waals surface area contributed by atoms with E-state index >= 15 is 0 Å². The Labute approximate surface area is 120 Å². The molecule has 0 saturated carbocycles. The molecule has 0 aliphatic carbocycles. The molecule has 0 bridgehead atoms. The van der Waals surface area contributed by atoms with Crippen LogP contribution in [0.25, 0.3) is 0 Å². The number of carbonyl (C=O) groups excluding carboxylic acids is 1. The van der Waals surface area contributed by atoms with Crippen LogP contribution in [0.15, 0.2) is 24.3 Å². The highest BCUT2D eigenvalue weighted by molar-refractivity contribution is 5.94. The first-order chi connectivity index (χ1) is 9.54. The molecule has 1 saturated heterocycles. The second-order valence-corrected chi connectivity index (χ2v) is 5.65. The number of rotatable bonds is 4. The van der Waals surface area contributed by atoms with E-state index in [1.807, 2.05) is 38.1 Å². The Balaban J connectivity index is 1.83. The Morgan fingerprint density at radius 3 is 2.70 bits per heavy atom. The van der Waals surface area contributed by atoms with Gasteiger partial charge in [-0.2, -0.15) is 0 Å². The van der Waals surface area contributed by atoms with E-state index in [0.717, 1.165) is 25.1 Å². The standard InChI is InChI=1S/C16H24N2O2/c1-11-4-6-14(7-5-11)18-16(19)13(3)17-15-8-9-20-12(2)10-15/h4-7,12-13,15,17H,8-10H2,1-3H3,(H,18,19). The third kappa shape index (κ3) is 4.32. The topological polar surface area (TPSA) is 50.4 Å². The van der Waals surface area contributed by atoms with Gasteiger partial charge >= 0.3 is 0 Å². The minimum Gasteiger partial charge on any atom is -0.378 e. The van der Waals surface area contributed by atoms with Gasteiger partial charge in [0.05, 0.1) is 12.1 Å². The Bertz CT molecular complexity index is 444. The summed E-state index contributed by atoms with van der Waals surface area (Å²) >= 11 is 0. The predicted octanol–water partition coefficient (Wildman–Crippen LogP) is 2.48. The lowest BCUT2D eigenvalue weighted by Crippen LogP contribution is -2.47. The van der Waals surface area contributed by atoms with Crippen molar-refractivity contribution in [3.63, 3.8) is 0 Å². The Morgan fingerprint density at radius 2 is 2.05 bits per heavy atom. The lowest BCUT2D eigenvalue weighted by Gasteiger charge is -2.30. The molecular formula is C16H24N2O2. The van der Waals surface area contributed by atoms with Crippen LogP contribution in [0.1, 0.15) is 32.3 Å². The summed E-state index contributed by atoms with van der Waals surface area (Å²) in [5.74, 6) is 0.00741. The maximum atomic E-state index is 12.1. The van der Waals surface area contributed by atoms with Crippen LogP contribution in [0.2, 0.25) is 0 Å². The van der Waals surface area contributed by atoms with Gasteiger partial charge in [-0.25, -0.2) is 0 Å². The van der Waals surface area contributed by atoms with Crippen LogP contribution in [0.4, 0.5) is 5.69 Å². The summed E-state index contributed by atoms with van der Waals surface area (Å²) in [5.41, 5.74) is 2.03. The number of aryl methyl sites for hydroxylation is 1. The van der Waals surface area contributed by atoms with Crippen molar-refractivity contribution >= 4 is 11.6 Å². The van der Waals surface area contributed by atoms with E-state index in [1.54, 1.807) is 0 Å². The van der Waals surface area contributed by atoms with Gasteiger partial charge in [0.15, 0.2) is 0 Å². The second kappa shape index (κ2) is 6.86. The summed E-state index contributed by atoms with van der Waals surface area (Å²) in [7, 11) is 0.